The van der Waals surface area contributed by atoms with Crippen LogP contribution >= 0.6 is 0 Å². The number of rotatable bonds is 4. The van der Waals surface area contributed by atoms with Crippen molar-refractivity contribution in [2.75, 3.05) is 19.7 Å². The number of nitrogens with zero attached hydrogens (tertiary/aromatic N) is 1. The molecule has 4 nitrogen and oxygen atoms in total. The summed E-state index contributed by atoms with van der Waals surface area (Å²) >= 11 is 0. The van der Waals surface area contributed by atoms with Gasteiger partial charge in [-0.15, -0.1) is 0 Å². The van der Waals surface area contributed by atoms with Crippen LogP contribution in [0, 0.1) is 0 Å². The molecular weight excluding hydrogens is 262 g/mol. The SMILES string of the molecule is CCOC(=O)C1=CCCN(S(=O)c2ccccc2)C1. The Balaban J connectivity index is 2.06. The zero-order valence-electron chi connectivity index (χ0n) is 10.9. The van der Waals surface area contributed by atoms with Gasteiger partial charge in [-0.2, -0.15) is 0 Å². The highest BCUT2D eigenvalue weighted by Gasteiger charge is 2.23. The first-order chi connectivity index (χ1) is 9.22. The minimum atomic E-state index is -1.23. The van der Waals surface area contributed by atoms with Crippen molar-refractivity contribution in [3.05, 3.63) is 42.0 Å². The van der Waals surface area contributed by atoms with E-state index >= 15 is 0 Å². The summed E-state index contributed by atoms with van der Waals surface area (Å²) in [7, 11) is -1.23. The lowest BCUT2D eigenvalue weighted by Crippen LogP contribution is -2.34. The van der Waals surface area contributed by atoms with Crippen LogP contribution < -0.4 is 0 Å². The van der Waals surface area contributed by atoms with Crippen LogP contribution in [0.15, 0.2) is 46.9 Å². The quantitative estimate of drug-likeness (QED) is 0.791. The van der Waals surface area contributed by atoms with Crippen LogP contribution in [-0.4, -0.2) is 34.2 Å². The van der Waals surface area contributed by atoms with Crippen LogP contribution in [-0.2, 0) is 20.5 Å². The minimum absolute atomic E-state index is 0.308. The molecule has 1 aliphatic rings. The highest BCUT2D eigenvalue weighted by molar-refractivity contribution is 7.82. The summed E-state index contributed by atoms with van der Waals surface area (Å²) in [5.41, 5.74) is 0.595. The Morgan fingerprint density at radius 2 is 2.11 bits per heavy atom. The standard InChI is InChI=1S/C14H17NO3S/c1-2-18-14(16)12-7-6-10-15(11-12)19(17)13-8-4-3-5-9-13/h3-5,7-9H,2,6,10-11H2,1H3. The molecule has 1 heterocycles. The van der Waals surface area contributed by atoms with Gasteiger partial charge in [0.1, 0.15) is 11.0 Å². The summed E-state index contributed by atoms with van der Waals surface area (Å²) in [6.07, 6.45) is 2.59. The van der Waals surface area contributed by atoms with Gasteiger partial charge in [0, 0.05) is 18.7 Å². The lowest BCUT2D eigenvalue weighted by molar-refractivity contribution is -0.138. The molecule has 102 valence electrons. The third-order valence-corrected chi connectivity index (χ3v) is 4.29. The van der Waals surface area contributed by atoms with E-state index in [4.69, 9.17) is 4.74 Å². The van der Waals surface area contributed by atoms with Gasteiger partial charge in [0.15, 0.2) is 0 Å². The fraction of sp³-hybridized carbons (Fsp3) is 0.357. The number of carbonyl (C=O) groups excluding carboxylic acids is 1. The maximum atomic E-state index is 12.4. The third-order valence-electron chi connectivity index (χ3n) is 2.83. The van der Waals surface area contributed by atoms with Crippen molar-refractivity contribution in [2.45, 2.75) is 18.2 Å². The molecule has 0 aromatic heterocycles. The van der Waals surface area contributed by atoms with Gasteiger partial charge in [-0.3, -0.25) is 0 Å². The fourth-order valence-corrected chi connectivity index (χ4v) is 3.13. The second kappa shape index (κ2) is 6.63. The lowest BCUT2D eigenvalue weighted by Gasteiger charge is -2.25. The molecule has 5 heteroatoms. The minimum Gasteiger partial charge on any atom is -0.463 e. The number of benzene rings is 1. The first-order valence-corrected chi connectivity index (χ1v) is 7.41. The van der Waals surface area contributed by atoms with Crippen LogP contribution in [0.5, 0.6) is 0 Å². The fourth-order valence-electron chi connectivity index (χ4n) is 1.92. The zero-order valence-corrected chi connectivity index (χ0v) is 11.7. The van der Waals surface area contributed by atoms with Gasteiger partial charge in [-0.1, -0.05) is 24.3 Å². The molecule has 0 N–H and O–H groups in total. The van der Waals surface area contributed by atoms with Crippen molar-refractivity contribution >= 4 is 17.0 Å². The summed E-state index contributed by atoms with van der Waals surface area (Å²) < 4.78 is 19.2. The van der Waals surface area contributed by atoms with Gasteiger partial charge in [0.05, 0.1) is 11.5 Å². The van der Waals surface area contributed by atoms with E-state index in [2.05, 4.69) is 0 Å². The Morgan fingerprint density at radius 3 is 2.79 bits per heavy atom. The summed E-state index contributed by atoms with van der Waals surface area (Å²) in [6.45, 7) is 3.20. The predicted molar refractivity (Wildman–Crippen MR) is 73.8 cm³/mol. The van der Waals surface area contributed by atoms with Gasteiger partial charge in [0.25, 0.3) is 0 Å². The molecule has 0 radical (unpaired) electrons. The summed E-state index contributed by atoms with van der Waals surface area (Å²) in [5.74, 6) is -0.308. The average molecular weight is 279 g/mol. The second-order valence-corrected chi connectivity index (χ2v) is 5.65. The molecule has 0 bridgehead atoms. The number of carbonyl (C=O) groups is 1. The summed E-state index contributed by atoms with van der Waals surface area (Å²) in [5, 5.41) is 0. The Bertz CT molecular complexity index is 499. The van der Waals surface area contributed by atoms with Crippen molar-refractivity contribution in [1.29, 1.82) is 0 Å². The highest BCUT2D eigenvalue weighted by Crippen LogP contribution is 2.17. The van der Waals surface area contributed by atoms with E-state index in [1.807, 2.05) is 36.4 Å². The van der Waals surface area contributed by atoms with Crippen LogP contribution in [0.2, 0.25) is 0 Å². The monoisotopic (exact) mass is 279 g/mol. The summed E-state index contributed by atoms with van der Waals surface area (Å²) in [4.78, 5) is 12.4. The van der Waals surface area contributed by atoms with E-state index in [0.717, 1.165) is 4.90 Å². The number of hydrogen-bond acceptors (Lipinski definition) is 3. The van der Waals surface area contributed by atoms with E-state index < -0.39 is 11.0 Å². The smallest absolute Gasteiger partial charge is 0.335 e. The van der Waals surface area contributed by atoms with E-state index in [9.17, 15) is 9.00 Å². The first-order valence-electron chi connectivity index (χ1n) is 6.30. The Labute approximate surface area is 115 Å². The van der Waals surface area contributed by atoms with Gasteiger partial charge < -0.3 is 4.74 Å². The van der Waals surface area contributed by atoms with Crippen LogP contribution in [0.25, 0.3) is 0 Å². The van der Waals surface area contributed by atoms with Crippen LogP contribution in [0.3, 0.4) is 0 Å². The molecule has 0 saturated carbocycles. The molecule has 0 amide bonds. The van der Waals surface area contributed by atoms with E-state index in [0.29, 0.717) is 31.7 Å². The molecule has 1 aromatic carbocycles. The maximum Gasteiger partial charge on any atom is 0.335 e. The van der Waals surface area contributed by atoms with Crippen molar-refractivity contribution in [2.24, 2.45) is 0 Å². The van der Waals surface area contributed by atoms with E-state index in [1.165, 1.54) is 0 Å². The van der Waals surface area contributed by atoms with Crippen molar-refractivity contribution in [3.8, 4) is 0 Å². The maximum absolute atomic E-state index is 12.4. The number of ether oxygens (including phenoxy) is 1. The Morgan fingerprint density at radius 1 is 1.37 bits per heavy atom. The Kier molecular flexibility index (Phi) is 4.87. The largest absolute Gasteiger partial charge is 0.463 e. The molecular formula is C14H17NO3S. The second-order valence-electron chi connectivity index (χ2n) is 4.16. The van der Waals surface area contributed by atoms with E-state index in [-0.39, 0.29) is 5.97 Å². The van der Waals surface area contributed by atoms with Gasteiger partial charge in [-0.05, 0) is 25.5 Å². The average Bonchev–Trinajstić information content (AvgIpc) is 2.48. The normalized spacial score (nSPS) is 17.6. The molecule has 1 atom stereocenters. The first kappa shape index (κ1) is 14.0. The van der Waals surface area contributed by atoms with Gasteiger partial charge in [0.2, 0.25) is 0 Å². The molecule has 0 spiro atoms. The molecule has 2 rings (SSSR count). The zero-order chi connectivity index (χ0) is 13.7. The predicted octanol–water partition coefficient (Wildman–Crippen LogP) is 1.90. The van der Waals surface area contributed by atoms with Gasteiger partial charge in [-0.25, -0.2) is 13.3 Å². The Hall–Kier alpha value is -1.46. The molecule has 1 aliphatic heterocycles. The van der Waals surface area contributed by atoms with Crippen LogP contribution in [0.4, 0.5) is 0 Å². The topological polar surface area (TPSA) is 46.6 Å². The van der Waals surface area contributed by atoms with Crippen molar-refractivity contribution < 1.29 is 13.7 Å². The molecule has 0 fully saturated rings. The van der Waals surface area contributed by atoms with Crippen LogP contribution in [0.1, 0.15) is 13.3 Å². The van der Waals surface area contributed by atoms with Crippen molar-refractivity contribution in [3.63, 3.8) is 0 Å². The molecule has 0 saturated heterocycles. The molecule has 19 heavy (non-hydrogen) atoms. The van der Waals surface area contributed by atoms with E-state index in [1.54, 1.807) is 11.2 Å². The third kappa shape index (κ3) is 3.52. The number of hydrogen-bond donors (Lipinski definition) is 0. The number of esters is 1. The molecule has 1 unspecified atom stereocenters. The highest BCUT2D eigenvalue weighted by atomic mass is 32.2. The molecule has 0 aliphatic carbocycles. The lowest BCUT2D eigenvalue weighted by atomic mass is 10.1. The van der Waals surface area contributed by atoms with Gasteiger partial charge >= 0.3 is 5.97 Å². The molecule has 1 aromatic rings. The summed E-state index contributed by atoms with van der Waals surface area (Å²) in [6, 6.07) is 9.27. The van der Waals surface area contributed by atoms with Crippen molar-refractivity contribution in [1.82, 2.24) is 4.31 Å².